The molecule has 5 aromatic rings. The molecule has 1 aliphatic rings. The second kappa shape index (κ2) is 14.4. The number of para-hydroxylation sites is 2. The van der Waals surface area contributed by atoms with Crippen molar-refractivity contribution < 1.29 is 23.9 Å². The summed E-state index contributed by atoms with van der Waals surface area (Å²) in [5.74, 6) is 1.16. The Bertz CT molecular complexity index is 2230. The van der Waals surface area contributed by atoms with Crippen LogP contribution in [-0.4, -0.2) is 29.1 Å². The van der Waals surface area contributed by atoms with E-state index in [1.165, 1.54) is 30.6 Å². The van der Waals surface area contributed by atoms with Gasteiger partial charge in [0, 0.05) is 23.4 Å². The third-order valence-corrected chi connectivity index (χ3v) is 8.83. The summed E-state index contributed by atoms with van der Waals surface area (Å²) < 4.78 is 19.3. The van der Waals surface area contributed by atoms with E-state index in [0.717, 1.165) is 5.56 Å². The first-order chi connectivity index (χ1) is 23.8. The number of ether oxygens (including phenoxy) is 3. The van der Waals surface area contributed by atoms with E-state index in [9.17, 15) is 19.7 Å². The average Bonchev–Trinajstić information content (AvgIpc) is 3.41. The Balaban J connectivity index is 1.42. The molecule has 2 heterocycles. The number of hydrogen-bond donors (Lipinski definition) is 1. The van der Waals surface area contributed by atoms with Crippen molar-refractivity contribution in [2.75, 3.05) is 19.0 Å². The Morgan fingerprint density at radius 3 is 2.41 bits per heavy atom. The van der Waals surface area contributed by atoms with Crippen LogP contribution in [0.15, 0.2) is 118 Å². The maximum atomic E-state index is 14.3. The molecule has 0 aliphatic carbocycles. The number of carbonyl (C=O) groups excluding carboxylic acids is 1. The van der Waals surface area contributed by atoms with Crippen molar-refractivity contribution in [2.24, 2.45) is 4.99 Å². The Hall–Kier alpha value is -6.01. The van der Waals surface area contributed by atoms with E-state index in [4.69, 9.17) is 19.2 Å². The van der Waals surface area contributed by atoms with Gasteiger partial charge in [-0.3, -0.25) is 24.3 Å². The van der Waals surface area contributed by atoms with Gasteiger partial charge in [0.1, 0.15) is 12.4 Å². The summed E-state index contributed by atoms with van der Waals surface area (Å²) in [7, 11) is 1.52. The zero-order valence-corrected chi connectivity index (χ0v) is 27.7. The van der Waals surface area contributed by atoms with E-state index in [1.807, 2.05) is 49.4 Å². The summed E-state index contributed by atoms with van der Waals surface area (Å²) in [6, 6.07) is 27.1. The van der Waals surface area contributed by atoms with Crippen LogP contribution < -0.4 is 34.4 Å². The zero-order chi connectivity index (χ0) is 34.5. The molecule has 4 aromatic carbocycles. The fraction of sp³-hybridized carbons (Fsp3) is 0.162. The van der Waals surface area contributed by atoms with Crippen molar-refractivity contribution >= 4 is 34.7 Å². The summed E-state index contributed by atoms with van der Waals surface area (Å²) >= 11 is 1.21. The van der Waals surface area contributed by atoms with Crippen LogP contribution in [0.2, 0.25) is 0 Å². The number of allylic oxidation sites excluding steroid dienone is 1. The fourth-order valence-electron chi connectivity index (χ4n) is 5.53. The van der Waals surface area contributed by atoms with Crippen molar-refractivity contribution in [3.8, 4) is 17.2 Å². The number of anilines is 1. The quantitative estimate of drug-likeness (QED) is 0.139. The molecule has 0 radical (unpaired) electrons. The van der Waals surface area contributed by atoms with Crippen LogP contribution >= 0.6 is 11.3 Å². The lowest BCUT2D eigenvalue weighted by atomic mass is 9.95. The molecule has 1 aromatic heterocycles. The number of nitrogens with one attached hydrogen (secondary N) is 1. The van der Waals surface area contributed by atoms with Gasteiger partial charge in [-0.05, 0) is 73.5 Å². The summed E-state index contributed by atoms with van der Waals surface area (Å²) in [4.78, 5) is 44.0. The molecule has 0 bridgehead atoms. The van der Waals surface area contributed by atoms with Crippen molar-refractivity contribution in [3.63, 3.8) is 0 Å². The number of non-ortho nitro benzene ring substituents is 1. The number of thiazole rings is 1. The van der Waals surface area contributed by atoms with Gasteiger partial charge in [0.15, 0.2) is 16.3 Å². The number of amides is 1. The largest absolute Gasteiger partial charge is 0.494 e. The van der Waals surface area contributed by atoms with Crippen LogP contribution in [0.1, 0.15) is 36.6 Å². The Kier molecular flexibility index (Phi) is 9.67. The first kappa shape index (κ1) is 32.9. The van der Waals surface area contributed by atoms with E-state index in [0.29, 0.717) is 61.3 Å². The molecule has 0 fully saturated rings. The number of aromatic nitrogens is 1. The molecule has 0 unspecified atom stereocenters. The van der Waals surface area contributed by atoms with E-state index < -0.39 is 11.0 Å². The number of benzene rings is 4. The number of nitro groups is 1. The minimum atomic E-state index is -0.763. The second-order valence-electron chi connectivity index (χ2n) is 11.0. The lowest BCUT2D eigenvalue weighted by molar-refractivity contribution is -0.384. The fourth-order valence-corrected chi connectivity index (χ4v) is 6.57. The van der Waals surface area contributed by atoms with Gasteiger partial charge in [0.25, 0.3) is 17.2 Å². The number of hydrogen-bond acceptors (Lipinski definition) is 9. The number of rotatable bonds is 11. The van der Waals surface area contributed by atoms with Crippen LogP contribution in [0.3, 0.4) is 0 Å². The lowest BCUT2D eigenvalue weighted by Gasteiger charge is -2.25. The smallest absolute Gasteiger partial charge is 0.271 e. The van der Waals surface area contributed by atoms with Gasteiger partial charge in [0.05, 0.1) is 40.5 Å². The Morgan fingerprint density at radius 2 is 1.73 bits per heavy atom. The molecule has 49 heavy (non-hydrogen) atoms. The van der Waals surface area contributed by atoms with E-state index in [-0.39, 0.29) is 23.8 Å². The second-order valence-corrected chi connectivity index (χ2v) is 12.0. The van der Waals surface area contributed by atoms with E-state index in [2.05, 4.69) is 5.32 Å². The summed E-state index contributed by atoms with van der Waals surface area (Å²) in [6.07, 6.45) is 1.72. The molecule has 0 saturated carbocycles. The molecule has 1 aliphatic heterocycles. The normalized spacial score (nSPS) is 14.1. The Morgan fingerprint density at radius 1 is 1.00 bits per heavy atom. The highest BCUT2D eigenvalue weighted by molar-refractivity contribution is 7.07. The summed E-state index contributed by atoms with van der Waals surface area (Å²) in [5, 5.41) is 14.0. The van der Waals surface area contributed by atoms with Gasteiger partial charge in [-0.25, -0.2) is 4.99 Å². The molecule has 1 atom stereocenters. The number of carbonyl (C=O) groups is 1. The van der Waals surface area contributed by atoms with Gasteiger partial charge >= 0.3 is 0 Å². The van der Waals surface area contributed by atoms with Crippen molar-refractivity contribution in [2.45, 2.75) is 26.5 Å². The maximum Gasteiger partial charge on any atom is 0.271 e. The SMILES string of the molecule is CCOc1ccc([C@H]2C(C(=O)Nc3ccccc3)=C(C)N=c3s/c(=C\c4cccc(OC)c4OCc4ccc([N+](=O)[O-])cc4)c(=O)n32)cc1. The highest BCUT2D eigenvalue weighted by Gasteiger charge is 2.32. The number of nitrogens with zero attached hydrogens (tertiary/aromatic N) is 3. The van der Waals surface area contributed by atoms with Crippen LogP contribution in [0.5, 0.6) is 17.2 Å². The summed E-state index contributed by atoms with van der Waals surface area (Å²) in [6.45, 7) is 4.28. The highest BCUT2D eigenvalue weighted by atomic mass is 32.1. The standard InChI is InChI=1S/C37H32N4O7S/c1-4-47-29-19-15-25(16-20-29)33-32(35(42)39-27-10-6-5-7-11-27)23(2)38-37-40(33)36(43)31(49-37)21-26-9-8-12-30(46-3)34(26)48-22-24-13-17-28(18-14-24)41(44)45/h5-21,33H,4,22H2,1-3H3,(H,39,42)/b31-21-/t33-/m0/s1. The molecule has 0 spiro atoms. The van der Waals surface area contributed by atoms with Crippen molar-refractivity contribution in [3.05, 3.63) is 155 Å². The van der Waals surface area contributed by atoms with Crippen molar-refractivity contribution in [1.29, 1.82) is 0 Å². The highest BCUT2D eigenvalue weighted by Crippen LogP contribution is 2.34. The van der Waals surface area contributed by atoms with Gasteiger partial charge < -0.3 is 19.5 Å². The van der Waals surface area contributed by atoms with Crippen LogP contribution in [0.25, 0.3) is 6.08 Å². The van der Waals surface area contributed by atoms with Crippen LogP contribution in [0.4, 0.5) is 11.4 Å². The zero-order valence-electron chi connectivity index (χ0n) is 26.9. The molecule has 11 nitrogen and oxygen atoms in total. The predicted octanol–water partition coefficient (Wildman–Crippen LogP) is 5.77. The third-order valence-electron chi connectivity index (χ3n) is 7.85. The average molecular weight is 677 g/mol. The van der Waals surface area contributed by atoms with Crippen LogP contribution in [0, 0.1) is 10.1 Å². The Labute approximate surface area is 285 Å². The number of fused-ring (bicyclic) bond motifs is 1. The molecule has 0 saturated heterocycles. The van der Waals surface area contributed by atoms with Gasteiger partial charge in [-0.2, -0.15) is 0 Å². The van der Waals surface area contributed by atoms with Gasteiger partial charge in [-0.1, -0.05) is 53.8 Å². The lowest BCUT2D eigenvalue weighted by Crippen LogP contribution is -2.40. The van der Waals surface area contributed by atoms with E-state index in [1.54, 1.807) is 60.0 Å². The first-order valence-corrected chi connectivity index (χ1v) is 16.2. The van der Waals surface area contributed by atoms with Crippen LogP contribution in [-0.2, 0) is 11.4 Å². The molecule has 1 N–H and O–H groups in total. The minimum absolute atomic E-state index is 0.0170. The molecular weight excluding hydrogens is 644 g/mol. The minimum Gasteiger partial charge on any atom is -0.494 e. The molecular formula is C37H32N4O7S. The molecule has 12 heteroatoms. The predicted molar refractivity (Wildman–Crippen MR) is 187 cm³/mol. The maximum absolute atomic E-state index is 14.3. The van der Waals surface area contributed by atoms with Gasteiger partial charge in [0.2, 0.25) is 0 Å². The molecule has 6 rings (SSSR count). The van der Waals surface area contributed by atoms with Crippen molar-refractivity contribution in [1.82, 2.24) is 4.57 Å². The monoisotopic (exact) mass is 676 g/mol. The first-order valence-electron chi connectivity index (χ1n) is 15.4. The number of methoxy groups -OCH3 is 1. The molecule has 1 amide bonds. The topological polar surface area (TPSA) is 134 Å². The molecule has 248 valence electrons. The summed E-state index contributed by atoms with van der Waals surface area (Å²) in [5.41, 5.74) is 3.14. The number of nitro benzene ring substituents is 1. The van der Waals surface area contributed by atoms with Gasteiger partial charge in [-0.15, -0.1) is 0 Å². The third kappa shape index (κ3) is 6.99. The van der Waals surface area contributed by atoms with E-state index >= 15 is 0 Å².